The summed E-state index contributed by atoms with van der Waals surface area (Å²) in [7, 11) is 0. The summed E-state index contributed by atoms with van der Waals surface area (Å²) in [6.07, 6.45) is 2.32. The normalized spacial score (nSPS) is 22.0. The van der Waals surface area contributed by atoms with Gasteiger partial charge in [-0.05, 0) is 35.4 Å². The van der Waals surface area contributed by atoms with Crippen LogP contribution in [-0.2, 0) is 16.1 Å². The first-order chi connectivity index (χ1) is 17.1. The molecular formula is C27H30N2O5S. The number of carbonyl (C=O) groups excluding carboxylic acids is 1. The Kier molecular flexibility index (Phi) is 8.90. The van der Waals surface area contributed by atoms with Crippen LogP contribution in [0.1, 0.15) is 46.4 Å². The van der Waals surface area contributed by atoms with E-state index in [0.29, 0.717) is 17.0 Å². The van der Waals surface area contributed by atoms with Gasteiger partial charge in [0.25, 0.3) is 5.91 Å². The highest BCUT2D eigenvalue weighted by atomic mass is 32.2. The van der Waals surface area contributed by atoms with Gasteiger partial charge in [-0.1, -0.05) is 43.3 Å². The first-order valence-electron chi connectivity index (χ1n) is 11.6. The predicted octanol–water partition coefficient (Wildman–Crippen LogP) is 4.34. The number of carbonyl (C=O) groups is 1. The van der Waals surface area contributed by atoms with E-state index in [2.05, 4.69) is 17.2 Å². The van der Waals surface area contributed by atoms with Gasteiger partial charge in [0.05, 0.1) is 31.0 Å². The van der Waals surface area contributed by atoms with E-state index in [1.54, 1.807) is 30.1 Å². The number of nitrogens with one attached hydrogen (secondary N) is 1. The molecule has 0 aliphatic carbocycles. The third-order valence-electron chi connectivity index (χ3n) is 6.01. The van der Waals surface area contributed by atoms with Gasteiger partial charge in [0.15, 0.2) is 6.29 Å². The molecule has 7 nitrogen and oxygen atoms in total. The summed E-state index contributed by atoms with van der Waals surface area (Å²) in [5, 5.41) is 21.5. The van der Waals surface area contributed by atoms with Gasteiger partial charge >= 0.3 is 0 Å². The number of hydrogen-bond acceptors (Lipinski definition) is 7. The molecule has 2 heterocycles. The summed E-state index contributed by atoms with van der Waals surface area (Å²) in [4.78, 5) is 16.4. The largest absolute Gasteiger partial charge is 0.396 e. The van der Waals surface area contributed by atoms with E-state index in [0.717, 1.165) is 22.4 Å². The van der Waals surface area contributed by atoms with Crippen LogP contribution in [0.3, 0.4) is 0 Å². The number of hydrogen-bond donors (Lipinski definition) is 3. The fraction of sp³-hybridized carbons (Fsp3) is 0.333. The van der Waals surface area contributed by atoms with Crippen molar-refractivity contribution in [2.45, 2.75) is 32.0 Å². The number of rotatable bonds is 9. The molecule has 0 saturated carbocycles. The Morgan fingerprint density at radius 1 is 1.03 bits per heavy atom. The van der Waals surface area contributed by atoms with Crippen molar-refractivity contribution in [3.05, 3.63) is 95.3 Å². The van der Waals surface area contributed by atoms with E-state index in [-0.39, 0.29) is 37.2 Å². The molecule has 0 spiro atoms. The Bertz CT molecular complexity index is 1080. The van der Waals surface area contributed by atoms with E-state index >= 15 is 0 Å². The lowest BCUT2D eigenvalue weighted by Gasteiger charge is -2.41. The van der Waals surface area contributed by atoms with Crippen molar-refractivity contribution < 1.29 is 24.5 Å². The van der Waals surface area contributed by atoms with Gasteiger partial charge in [-0.2, -0.15) is 11.8 Å². The number of nitrogens with zero attached hydrogens (tertiary/aromatic N) is 1. The van der Waals surface area contributed by atoms with Gasteiger partial charge in [0, 0.05) is 41.1 Å². The Morgan fingerprint density at radius 2 is 1.77 bits per heavy atom. The fourth-order valence-electron chi connectivity index (χ4n) is 4.00. The predicted molar refractivity (Wildman–Crippen MR) is 136 cm³/mol. The minimum atomic E-state index is -0.573. The zero-order valence-electron chi connectivity index (χ0n) is 19.5. The molecule has 4 rings (SSSR count). The number of amides is 1. The van der Waals surface area contributed by atoms with Gasteiger partial charge in [0.2, 0.25) is 0 Å². The maximum Gasteiger partial charge on any atom is 0.257 e. The number of ether oxygens (including phenoxy) is 2. The average Bonchev–Trinajstić information content (AvgIpc) is 2.91. The zero-order chi connectivity index (χ0) is 24.6. The molecule has 2 aromatic carbocycles. The Hall–Kier alpha value is -2.75. The number of anilines is 1. The molecule has 1 fully saturated rings. The van der Waals surface area contributed by atoms with Crippen molar-refractivity contribution in [3.8, 4) is 0 Å². The Balaban J connectivity index is 1.50. The molecule has 0 radical (unpaired) electrons. The molecule has 8 heteroatoms. The second-order valence-electron chi connectivity index (χ2n) is 8.44. The monoisotopic (exact) mass is 494 g/mol. The topological polar surface area (TPSA) is 101 Å². The smallest absolute Gasteiger partial charge is 0.257 e. The van der Waals surface area contributed by atoms with Crippen molar-refractivity contribution in [2.75, 3.05) is 23.4 Å². The molecule has 4 atom stereocenters. The average molecular weight is 495 g/mol. The lowest BCUT2D eigenvalue weighted by molar-refractivity contribution is -0.268. The van der Waals surface area contributed by atoms with Crippen LogP contribution in [-0.4, -0.2) is 45.3 Å². The first kappa shape index (κ1) is 25.3. The summed E-state index contributed by atoms with van der Waals surface area (Å²) < 4.78 is 12.8. The van der Waals surface area contributed by atoms with Crippen molar-refractivity contribution in [3.63, 3.8) is 0 Å². The number of thioether (sulfide) groups is 1. The number of aliphatic hydroxyl groups is 2. The van der Waals surface area contributed by atoms with Crippen LogP contribution < -0.4 is 5.32 Å². The molecular weight excluding hydrogens is 464 g/mol. The van der Waals surface area contributed by atoms with Gasteiger partial charge < -0.3 is 25.0 Å². The van der Waals surface area contributed by atoms with Gasteiger partial charge in [-0.15, -0.1) is 0 Å². The van der Waals surface area contributed by atoms with Crippen molar-refractivity contribution in [1.82, 2.24) is 4.98 Å². The summed E-state index contributed by atoms with van der Waals surface area (Å²) in [6, 6.07) is 18.7. The van der Waals surface area contributed by atoms with Crippen LogP contribution in [0.2, 0.25) is 0 Å². The van der Waals surface area contributed by atoms with E-state index < -0.39 is 6.29 Å². The number of aliphatic hydroxyl groups excluding tert-OH is 2. The maximum absolute atomic E-state index is 12.4. The molecule has 1 aliphatic rings. The molecule has 184 valence electrons. The fourth-order valence-corrected chi connectivity index (χ4v) is 4.91. The van der Waals surface area contributed by atoms with Crippen LogP contribution >= 0.6 is 11.8 Å². The third-order valence-corrected chi connectivity index (χ3v) is 7.04. The standard InChI is InChI=1S/C27H30N2O5S/c1-18-24(17-35-14-13-30)33-27(34-25(18)20-6-4-19(16-31)5-7-20)21-8-10-23(11-9-21)29-26(32)22-3-2-12-28-15-22/h2-12,15,18,24-25,27,30-31H,13-14,16-17H2,1H3,(H,29,32). The summed E-state index contributed by atoms with van der Waals surface area (Å²) in [6.45, 7) is 2.24. The molecule has 3 N–H and O–H groups in total. The van der Waals surface area contributed by atoms with Gasteiger partial charge in [-0.25, -0.2) is 0 Å². The van der Waals surface area contributed by atoms with Gasteiger partial charge in [-0.3, -0.25) is 9.78 Å². The van der Waals surface area contributed by atoms with E-state index in [1.807, 2.05) is 48.5 Å². The third kappa shape index (κ3) is 6.48. The van der Waals surface area contributed by atoms with Gasteiger partial charge in [0.1, 0.15) is 0 Å². The van der Waals surface area contributed by atoms with Crippen LogP contribution in [0.25, 0.3) is 0 Å². The molecule has 35 heavy (non-hydrogen) atoms. The second-order valence-corrected chi connectivity index (χ2v) is 9.59. The van der Waals surface area contributed by atoms with Crippen LogP contribution in [0.4, 0.5) is 5.69 Å². The lowest BCUT2D eigenvalue weighted by atomic mass is 9.91. The molecule has 3 aromatic rings. The quantitative estimate of drug-likeness (QED) is 0.380. The van der Waals surface area contributed by atoms with E-state index in [1.165, 1.54) is 6.20 Å². The number of benzene rings is 2. The zero-order valence-corrected chi connectivity index (χ0v) is 20.4. The van der Waals surface area contributed by atoms with E-state index in [9.17, 15) is 15.0 Å². The minimum Gasteiger partial charge on any atom is -0.396 e. The number of pyridine rings is 1. The Labute approximate surface area is 209 Å². The SMILES string of the molecule is CC1C(CSCCO)OC(c2ccc(NC(=O)c3cccnc3)cc2)OC1c1ccc(CO)cc1. The number of aromatic nitrogens is 1. The molecule has 1 amide bonds. The van der Waals surface area contributed by atoms with Crippen LogP contribution in [0.5, 0.6) is 0 Å². The Morgan fingerprint density at radius 3 is 2.43 bits per heavy atom. The molecule has 1 aromatic heterocycles. The first-order valence-corrected chi connectivity index (χ1v) is 12.7. The van der Waals surface area contributed by atoms with Crippen molar-refractivity contribution in [1.29, 1.82) is 0 Å². The second kappa shape index (κ2) is 12.3. The highest BCUT2D eigenvalue weighted by molar-refractivity contribution is 7.99. The lowest BCUT2D eigenvalue weighted by Crippen LogP contribution is -2.38. The molecule has 1 saturated heterocycles. The highest BCUT2D eigenvalue weighted by Gasteiger charge is 2.38. The van der Waals surface area contributed by atoms with Crippen molar-refractivity contribution in [2.24, 2.45) is 5.92 Å². The minimum absolute atomic E-state index is 0.00279. The molecule has 4 unspecified atom stereocenters. The van der Waals surface area contributed by atoms with Crippen LogP contribution in [0, 0.1) is 5.92 Å². The molecule has 1 aliphatic heterocycles. The highest BCUT2D eigenvalue weighted by Crippen LogP contribution is 2.42. The summed E-state index contributed by atoms with van der Waals surface area (Å²) in [5.41, 5.74) is 3.88. The summed E-state index contributed by atoms with van der Waals surface area (Å²) in [5.74, 6) is 1.26. The summed E-state index contributed by atoms with van der Waals surface area (Å²) >= 11 is 1.66. The molecule has 0 bridgehead atoms. The van der Waals surface area contributed by atoms with E-state index in [4.69, 9.17) is 9.47 Å². The maximum atomic E-state index is 12.4. The van der Waals surface area contributed by atoms with Crippen LogP contribution in [0.15, 0.2) is 73.1 Å². The van der Waals surface area contributed by atoms with Crippen molar-refractivity contribution >= 4 is 23.4 Å².